The highest BCUT2D eigenvalue weighted by molar-refractivity contribution is 5.41. The zero-order valence-electron chi connectivity index (χ0n) is 11.2. The van der Waals surface area contributed by atoms with Gasteiger partial charge in [0, 0.05) is 5.56 Å². The van der Waals surface area contributed by atoms with Crippen LogP contribution in [0.25, 0.3) is 0 Å². The van der Waals surface area contributed by atoms with Gasteiger partial charge in [0.05, 0.1) is 6.04 Å². The Morgan fingerprint density at radius 3 is 2.22 bits per heavy atom. The Morgan fingerprint density at radius 1 is 1.06 bits per heavy atom. The largest absolute Gasteiger partial charge is 0.466 e. The topological polar surface area (TPSA) is 39.2 Å². The van der Waals surface area contributed by atoms with E-state index < -0.39 is 0 Å². The van der Waals surface area contributed by atoms with E-state index in [0.29, 0.717) is 0 Å². The quantitative estimate of drug-likeness (QED) is 0.878. The highest BCUT2D eigenvalue weighted by atomic mass is 19.1. The lowest BCUT2D eigenvalue weighted by Crippen LogP contribution is -2.14. The van der Waals surface area contributed by atoms with E-state index in [0.717, 1.165) is 33.8 Å². The Kier molecular flexibility index (Phi) is 3.26. The van der Waals surface area contributed by atoms with Gasteiger partial charge in [0.25, 0.3) is 0 Å². The fourth-order valence-corrected chi connectivity index (χ4v) is 2.38. The van der Waals surface area contributed by atoms with Crippen molar-refractivity contribution in [3.63, 3.8) is 0 Å². The van der Waals surface area contributed by atoms with Crippen molar-refractivity contribution in [3.8, 4) is 0 Å². The van der Waals surface area contributed by atoms with Crippen molar-refractivity contribution in [1.29, 1.82) is 0 Å². The van der Waals surface area contributed by atoms with Crippen molar-refractivity contribution >= 4 is 0 Å². The number of rotatable bonds is 2. The molecule has 0 spiro atoms. The van der Waals surface area contributed by atoms with Crippen molar-refractivity contribution in [2.75, 3.05) is 0 Å². The number of nitrogens with two attached hydrogens (primary N) is 1. The minimum Gasteiger partial charge on any atom is -0.466 e. The molecule has 0 bridgehead atoms. The summed E-state index contributed by atoms with van der Waals surface area (Å²) in [6.07, 6.45) is 0. The van der Waals surface area contributed by atoms with Crippen molar-refractivity contribution in [2.45, 2.75) is 33.7 Å². The maximum absolute atomic E-state index is 13.4. The molecule has 0 fully saturated rings. The minimum atomic E-state index is -0.350. The smallest absolute Gasteiger partial charge is 0.123 e. The molecule has 2 rings (SSSR count). The number of aryl methyl sites for hydroxylation is 3. The molecule has 1 aromatic heterocycles. The van der Waals surface area contributed by atoms with Crippen LogP contribution < -0.4 is 5.73 Å². The molecule has 18 heavy (non-hydrogen) atoms. The zero-order valence-corrected chi connectivity index (χ0v) is 11.2. The summed E-state index contributed by atoms with van der Waals surface area (Å²) < 4.78 is 19.0. The van der Waals surface area contributed by atoms with Gasteiger partial charge in [-0.25, -0.2) is 4.39 Å². The van der Waals surface area contributed by atoms with Crippen molar-refractivity contribution in [3.05, 3.63) is 57.8 Å². The van der Waals surface area contributed by atoms with Crippen LogP contribution in [0.2, 0.25) is 0 Å². The molecule has 1 heterocycles. The summed E-state index contributed by atoms with van der Waals surface area (Å²) in [5.41, 5.74) is 9.89. The molecule has 0 saturated heterocycles. The SMILES string of the molecule is Cc1cc(F)cc(C(N)c2c(C)oc(C)c2C)c1. The van der Waals surface area contributed by atoms with Crippen LogP contribution in [0.3, 0.4) is 0 Å². The van der Waals surface area contributed by atoms with E-state index in [9.17, 15) is 4.39 Å². The monoisotopic (exact) mass is 247 g/mol. The third-order valence-corrected chi connectivity index (χ3v) is 3.35. The molecule has 0 radical (unpaired) electrons. The summed E-state index contributed by atoms with van der Waals surface area (Å²) in [6.45, 7) is 7.64. The van der Waals surface area contributed by atoms with Crippen molar-refractivity contribution in [2.24, 2.45) is 5.73 Å². The number of halogens is 1. The average Bonchev–Trinajstić information content (AvgIpc) is 2.51. The molecule has 0 aliphatic heterocycles. The first-order valence-electron chi connectivity index (χ1n) is 5.99. The van der Waals surface area contributed by atoms with Gasteiger partial charge >= 0.3 is 0 Å². The standard InChI is InChI=1S/C15H18FNO/c1-8-5-12(7-13(16)6-8)15(17)14-9(2)10(3)18-11(14)4/h5-7,15H,17H2,1-4H3. The molecule has 3 heteroatoms. The van der Waals surface area contributed by atoms with Gasteiger partial charge in [-0.05, 0) is 56.5 Å². The summed E-state index contributed by atoms with van der Waals surface area (Å²) >= 11 is 0. The highest BCUT2D eigenvalue weighted by Gasteiger charge is 2.19. The molecule has 1 unspecified atom stereocenters. The molecule has 0 aliphatic rings. The van der Waals surface area contributed by atoms with Gasteiger partial charge in [-0.2, -0.15) is 0 Å². The van der Waals surface area contributed by atoms with E-state index >= 15 is 0 Å². The predicted molar refractivity (Wildman–Crippen MR) is 70.1 cm³/mol. The lowest BCUT2D eigenvalue weighted by molar-refractivity contribution is 0.498. The molecule has 1 aromatic carbocycles. The molecule has 0 amide bonds. The van der Waals surface area contributed by atoms with Crippen LogP contribution in [0.5, 0.6) is 0 Å². The van der Waals surface area contributed by atoms with Crippen LogP contribution in [-0.2, 0) is 0 Å². The third-order valence-electron chi connectivity index (χ3n) is 3.35. The van der Waals surface area contributed by atoms with E-state index in [2.05, 4.69) is 0 Å². The molecule has 1 atom stereocenters. The van der Waals surface area contributed by atoms with Gasteiger partial charge < -0.3 is 10.2 Å². The van der Waals surface area contributed by atoms with Gasteiger partial charge in [-0.3, -0.25) is 0 Å². The average molecular weight is 247 g/mol. The first-order chi connectivity index (χ1) is 8.40. The molecule has 2 aromatic rings. The number of benzene rings is 1. The maximum Gasteiger partial charge on any atom is 0.123 e. The fourth-order valence-electron chi connectivity index (χ4n) is 2.38. The van der Waals surface area contributed by atoms with Crippen molar-refractivity contribution < 1.29 is 8.81 Å². The second-order valence-electron chi connectivity index (χ2n) is 4.79. The summed E-state index contributed by atoms with van der Waals surface area (Å²) in [4.78, 5) is 0. The Bertz CT molecular complexity index is 566. The molecule has 0 aliphatic carbocycles. The predicted octanol–water partition coefficient (Wildman–Crippen LogP) is 3.70. The summed E-state index contributed by atoms with van der Waals surface area (Å²) in [6, 6.07) is 4.54. The van der Waals surface area contributed by atoms with Crippen LogP contribution in [0.15, 0.2) is 22.6 Å². The summed E-state index contributed by atoms with van der Waals surface area (Å²) in [5.74, 6) is 1.42. The molecule has 2 nitrogen and oxygen atoms in total. The lowest BCUT2D eigenvalue weighted by Gasteiger charge is -2.13. The maximum atomic E-state index is 13.4. The normalized spacial score (nSPS) is 12.8. The van der Waals surface area contributed by atoms with Gasteiger partial charge in [0.15, 0.2) is 0 Å². The summed E-state index contributed by atoms with van der Waals surface area (Å²) in [5, 5.41) is 0. The summed E-state index contributed by atoms with van der Waals surface area (Å²) in [7, 11) is 0. The van der Waals surface area contributed by atoms with Gasteiger partial charge in [-0.1, -0.05) is 6.07 Å². The third kappa shape index (κ3) is 2.18. The van der Waals surface area contributed by atoms with Crippen LogP contribution in [-0.4, -0.2) is 0 Å². The van der Waals surface area contributed by atoms with E-state index in [-0.39, 0.29) is 11.9 Å². The minimum absolute atomic E-state index is 0.254. The van der Waals surface area contributed by atoms with E-state index in [1.807, 2.05) is 33.8 Å². The van der Waals surface area contributed by atoms with Crippen LogP contribution in [0.1, 0.15) is 39.8 Å². The second-order valence-corrected chi connectivity index (χ2v) is 4.79. The highest BCUT2D eigenvalue weighted by Crippen LogP contribution is 2.30. The van der Waals surface area contributed by atoms with Gasteiger partial charge in [-0.15, -0.1) is 0 Å². The Labute approximate surface area is 107 Å². The number of hydrogen-bond donors (Lipinski definition) is 1. The Balaban J connectivity index is 2.50. The number of furan rings is 1. The van der Waals surface area contributed by atoms with E-state index in [1.54, 1.807) is 0 Å². The molecule has 2 N–H and O–H groups in total. The molecule has 0 saturated carbocycles. The molecular weight excluding hydrogens is 229 g/mol. The van der Waals surface area contributed by atoms with Crippen molar-refractivity contribution in [1.82, 2.24) is 0 Å². The van der Waals surface area contributed by atoms with Crippen LogP contribution in [0, 0.1) is 33.5 Å². The Hall–Kier alpha value is -1.61. The number of hydrogen-bond acceptors (Lipinski definition) is 2. The van der Waals surface area contributed by atoms with Gasteiger partial charge in [0.2, 0.25) is 0 Å². The first kappa shape index (κ1) is 12.8. The van der Waals surface area contributed by atoms with Crippen LogP contribution >= 0.6 is 0 Å². The Morgan fingerprint density at radius 2 is 1.72 bits per heavy atom. The van der Waals surface area contributed by atoms with E-state index in [1.165, 1.54) is 12.1 Å². The molecule has 96 valence electrons. The first-order valence-corrected chi connectivity index (χ1v) is 5.99. The lowest BCUT2D eigenvalue weighted by atomic mass is 9.95. The fraction of sp³-hybridized carbons (Fsp3) is 0.333. The second kappa shape index (κ2) is 4.58. The zero-order chi connectivity index (χ0) is 13.4. The van der Waals surface area contributed by atoms with E-state index in [4.69, 9.17) is 10.2 Å². The van der Waals surface area contributed by atoms with Gasteiger partial charge in [0.1, 0.15) is 17.3 Å². The van der Waals surface area contributed by atoms with Crippen LogP contribution in [0.4, 0.5) is 4.39 Å². The molecular formula is C15H18FNO.